The second kappa shape index (κ2) is 27.1. The number of aliphatic hydroxyl groups is 5. The number of fused-ring (bicyclic) bond motifs is 9. The van der Waals surface area contributed by atoms with E-state index < -0.39 is 71.1 Å². The molecule has 13 atom stereocenters. The van der Waals surface area contributed by atoms with Crippen LogP contribution in [0.5, 0.6) is 5.75 Å². The molecule has 15 nitrogen and oxygen atoms in total. The van der Waals surface area contributed by atoms with Gasteiger partial charge in [-0.05, 0) is 165 Å². The summed E-state index contributed by atoms with van der Waals surface area (Å²) in [5.74, 6) is -2.10. The van der Waals surface area contributed by atoms with Gasteiger partial charge in [-0.3, -0.25) is 19.9 Å². The topological polar surface area (TPSA) is 282 Å². The maximum absolute atomic E-state index is 15.5. The molecule has 0 radical (unpaired) electrons. The Morgan fingerprint density at radius 3 is 2.51 bits per heavy atom. The van der Waals surface area contributed by atoms with Crippen molar-refractivity contribution in [3.8, 4) is 5.75 Å². The van der Waals surface area contributed by atoms with Crippen LogP contribution in [-0.4, -0.2) is 110 Å². The van der Waals surface area contributed by atoms with Gasteiger partial charge in [-0.2, -0.15) is 0 Å². The van der Waals surface area contributed by atoms with Crippen LogP contribution in [0.4, 0.5) is 0 Å². The monoisotopic (exact) mass is 1150 g/mol. The van der Waals surface area contributed by atoms with Gasteiger partial charge in [-0.25, -0.2) is 0 Å². The van der Waals surface area contributed by atoms with Gasteiger partial charge in [-0.15, -0.1) is 0 Å². The second-order valence-corrected chi connectivity index (χ2v) is 26.2. The molecule has 3 aliphatic heterocycles. The molecule has 3 heterocycles. The van der Waals surface area contributed by atoms with Crippen molar-refractivity contribution in [2.75, 3.05) is 32.0 Å². The summed E-state index contributed by atoms with van der Waals surface area (Å²) < 4.78 is 0. The number of carbonyl (C=O) groups is 2. The van der Waals surface area contributed by atoms with Crippen molar-refractivity contribution in [1.82, 2.24) is 16.0 Å². The Morgan fingerprint density at radius 2 is 1.79 bits per heavy atom. The molecule has 6 bridgehead atoms. The van der Waals surface area contributed by atoms with Gasteiger partial charge in [0.1, 0.15) is 18.0 Å². The molecule has 1 spiro atoms. The standard InChI is InChI=1S/C64H87N7O8S2/c1-7-68-53(23-14-36(2)3)37(4)10-8-13-42(33-72)47-25-27-64(59(47)77)52-22-20-45(74)29-39-11-9-12-41(28-39)51-35-81-80-34-43-17-21-48-57(49(43)30-54(75)38(5)46(52)24-26-63(64,6)79)58(61(78)71-60(48)65)69-32-55(76)56(51)50(31-70-62(66)67)40-15-18-44(73)19-16-40/h8-19,21,28,45,47,50-53,55-56,58-60,68-69,72-74,76-77,79H,4,7,20,22-27,29-35,65H2,1-3,5-6H3,(H,71,78)(H4,66,67,70). The number of hydrogen-bond donors (Lipinski definition) is 12. The summed E-state index contributed by atoms with van der Waals surface area (Å²) in [6.07, 6.45) is 7.10. The fraction of sp³-hybridized carbons (Fsp3) is 0.516. The Balaban J connectivity index is 1.26. The molecule has 13 unspecified atom stereocenters. The number of rotatable bonds is 13. The van der Waals surface area contributed by atoms with Gasteiger partial charge in [0.05, 0.1) is 30.5 Å². The number of amides is 1. The molecule has 2 fully saturated rings. The van der Waals surface area contributed by atoms with Crippen molar-refractivity contribution in [1.29, 1.82) is 0 Å². The van der Waals surface area contributed by atoms with Crippen LogP contribution in [0.25, 0.3) is 0 Å². The third-order valence-corrected chi connectivity index (χ3v) is 20.8. The number of aliphatic imine (C=N–C) groups is 1. The molecular weight excluding hydrogens is 1060 g/mol. The first-order valence-electron chi connectivity index (χ1n) is 28.8. The fourth-order valence-corrected chi connectivity index (χ4v) is 16.6. The molecule has 0 aromatic heterocycles. The number of nitrogens with one attached hydrogen (secondary N) is 3. The van der Waals surface area contributed by atoms with E-state index >= 15 is 4.79 Å². The van der Waals surface area contributed by atoms with E-state index in [1.54, 1.807) is 40.6 Å². The molecule has 5 aliphatic rings. The van der Waals surface area contributed by atoms with Crippen LogP contribution in [0.3, 0.4) is 0 Å². The Kier molecular flexibility index (Phi) is 20.8. The van der Waals surface area contributed by atoms with E-state index in [9.17, 15) is 35.4 Å². The number of allylic oxidation sites excluding steroid dienone is 5. The first-order chi connectivity index (χ1) is 38.7. The summed E-state index contributed by atoms with van der Waals surface area (Å²) in [6, 6.07) is 17.9. The van der Waals surface area contributed by atoms with Gasteiger partial charge < -0.3 is 58.5 Å². The van der Waals surface area contributed by atoms with Gasteiger partial charge in [0.15, 0.2) is 11.7 Å². The highest BCUT2D eigenvalue weighted by atomic mass is 33.1. The highest BCUT2D eigenvalue weighted by molar-refractivity contribution is 8.76. The number of phenolic OH excluding ortho intramolecular Hbond substituents is 1. The second-order valence-electron chi connectivity index (χ2n) is 23.6. The van der Waals surface area contributed by atoms with Crippen LogP contribution in [0.15, 0.2) is 124 Å². The molecule has 8 rings (SSSR count). The van der Waals surface area contributed by atoms with E-state index in [4.69, 9.17) is 17.2 Å². The number of likely N-dealkylation sites (N-methyl/N-ethyl adjacent to an activating group) is 1. The zero-order valence-electron chi connectivity index (χ0n) is 47.7. The number of nitrogens with zero attached hydrogens (tertiary/aromatic N) is 1. The number of hydrogen-bond acceptors (Lipinski definition) is 14. The minimum atomic E-state index is -1.39. The van der Waals surface area contributed by atoms with Gasteiger partial charge in [-0.1, -0.05) is 119 Å². The average molecular weight is 1150 g/mol. The number of nitrogens with two attached hydrogens (primary N) is 3. The van der Waals surface area contributed by atoms with Crippen molar-refractivity contribution < 1.29 is 40.2 Å². The van der Waals surface area contributed by atoms with Crippen molar-refractivity contribution >= 4 is 39.2 Å². The van der Waals surface area contributed by atoms with Crippen molar-refractivity contribution in [2.45, 2.75) is 152 Å². The lowest BCUT2D eigenvalue weighted by Crippen LogP contribution is -2.59. The lowest BCUT2D eigenvalue weighted by molar-refractivity contribution is -0.168. The molecule has 2 aliphatic carbocycles. The van der Waals surface area contributed by atoms with E-state index in [2.05, 4.69) is 60.4 Å². The van der Waals surface area contributed by atoms with Gasteiger partial charge in [0.2, 0.25) is 5.91 Å². The number of ketones is 1. The minimum absolute atomic E-state index is 0.0245. The van der Waals surface area contributed by atoms with Crippen LogP contribution >= 0.6 is 21.6 Å². The lowest BCUT2D eigenvalue weighted by Gasteiger charge is -2.56. The van der Waals surface area contributed by atoms with Gasteiger partial charge >= 0.3 is 0 Å². The Labute approximate surface area is 486 Å². The molecule has 17 heteroatoms. The van der Waals surface area contributed by atoms with Crippen LogP contribution in [-0.2, 0) is 28.2 Å². The Hall–Kier alpha value is -5.05. The summed E-state index contributed by atoms with van der Waals surface area (Å²) in [7, 11) is 3.26. The zero-order valence-corrected chi connectivity index (χ0v) is 49.4. The normalized spacial score (nSPS) is 30.2. The highest BCUT2D eigenvalue weighted by Crippen LogP contribution is 2.63. The summed E-state index contributed by atoms with van der Waals surface area (Å²) in [5, 5.41) is 82.5. The molecule has 81 heavy (non-hydrogen) atoms. The van der Waals surface area contributed by atoms with Crippen molar-refractivity contribution in [3.05, 3.63) is 158 Å². The predicted molar refractivity (Wildman–Crippen MR) is 326 cm³/mol. The van der Waals surface area contributed by atoms with E-state index in [0.29, 0.717) is 65.0 Å². The van der Waals surface area contributed by atoms with Crippen LogP contribution < -0.4 is 33.2 Å². The molecule has 0 saturated heterocycles. The lowest BCUT2D eigenvalue weighted by atomic mass is 9.52. The van der Waals surface area contributed by atoms with Crippen LogP contribution in [0.1, 0.15) is 143 Å². The van der Waals surface area contributed by atoms with E-state index in [1.165, 1.54) is 5.57 Å². The van der Waals surface area contributed by atoms with Crippen LogP contribution in [0, 0.1) is 23.2 Å². The number of benzene rings is 3. The van der Waals surface area contributed by atoms with E-state index in [0.717, 1.165) is 46.4 Å². The number of carbonyl (C=O) groups excluding carboxylic acids is 2. The number of phenols is 1. The average Bonchev–Trinajstić information content (AvgIpc) is 3.79. The number of aromatic hydroxyl groups is 1. The van der Waals surface area contributed by atoms with Crippen molar-refractivity contribution in [3.63, 3.8) is 0 Å². The third kappa shape index (κ3) is 13.6. The maximum Gasteiger partial charge on any atom is 0.243 e. The van der Waals surface area contributed by atoms with E-state index in [-0.39, 0.29) is 74.8 Å². The minimum Gasteiger partial charge on any atom is -0.508 e. The summed E-state index contributed by atoms with van der Waals surface area (Å²) in [6.45, 7) is 14.7. The third-order valence-electron chi connectivity index (χ3n) is 18.4. The maximum atomic E-state index is 15.5. The van der Waals surface area contributed by atoms with Crippen molar-refractivity contribution in [2.24, 2.45) is 45.4 Å². The predicted octanol–water partition coefficient (Wildman–Crippen LogP) is 7.23. The highest BCUT2D eigenvalue weighted by Gasteiger charge is 2.64. The molecule has 3 aromatic carbocycles. The molecular formula is C64H87N7O8S2. The van der Waals surface area contributed by atoms with Gasteiger partial charge in [0.25, 0.3) is 0 Å². The number of guanidine groups is 1. The Bertz CT molecular complexity index is 2910. The molecule has 2 saturated carbocycles. The molecule has 15 N–H and O–H groups in total. The molecule has 438 valence electrons. The van der Waals surface area contributed by atoms with Crippen LogP contribution in [0.2, 0.25) is 0 Å². The summed E-state index contributed by atoms with van der Waals surface area (Å²) in [4.78, 5) is 34.5. The number of β-amino-alcohol motifs (C(OH)–C–C–N with tert-alkyl or cyclic N) is 1. The SMILES string of the molecule is C=C(C=CC=C(CO)C1CCC2(C3CCC(O)Cc4cccc(c4)C4CSSCc5ccc6c(c5CC(=O)C(C)=C3CCC2(C)O)C(NCC(O)C4C(CN=C(N)N)c2ccc(O)cc2)C(=O)NC6N)C1O)C(CC=C(C)C)NCC. The van der Waals surface area contributed by atoms with Gasteiger partial charge in [0, 0.05) is 60.2 Å². The smallest absolute Gasteiger partial charge is 0.243 e. The summed E-state index contributed by atoms with van der Waals surface area (Å²) >= 11 is 0. The fourth-order valence-electron chi connectivity index (χ4n) is 14.1. The van der Waals surface area contributed by atoms with E-state index in [1.807, 2.05) is 67.6 Å². The summed E-state index contributed by atoms with van der Waals surface area (Å²) in [5.41, 5.74) is 25.7. The molecule has 3 aromatic rings. The quantitative estimate of drug-likeness (QED) is 0.0264. The Morgan fingerprint density at radius 1 is 1.02 bits per heavy atom. The first-order valence-corrected chi connectivity index (χ1v) is 31.3. The first kappa shape index (κ1) is 62.0. The number of Topliss-reactive ketones (excluding diaryl/α,β-unsaturated/α-hetero) is 1. The largest absolute Gasteiger partial charge is 0.508 e. The molecule has 1 amide bonds. The number of aliphatic hydroxyl groups excluding tert-OH is 4. The zero-order chi connectivity index (χ0) is 58.3.